The van der Waals surface area contributed by atoms with Crippen molar-refractivity contribution in [3.8, 4) is 11.1 Å². The average Bonchev–Trinajstić information content (AvgIpc) is 3.17. The van der Waals surface area contributed by atoms with Crippen molar-refractivity contribution in [3.05, 3.63) is 54.2 Å². The molecule has 2 amide bonds. The molecule has 0 bridgehead atoms. The van der Waals surface area contributed by atoms with Gasteiger partial charge >= 0.3 is 0 Å². The first-order chi connectivity index (χ1) is 15.1. The first kappa shape index (κ1) is 19.7. The molecule has 0 radical (unpaired) electrons. The van der Waals surface area contributed by atoms with Crippen LogP contribution in [-0.2, 0) is 16.6 Å². The predicted molar refractivity (Wildman–Crippen MR) is 117 cm³/mol. The van der Waals surface area contributed by atoms with Crippen molar-refractivity contribution in [2.45, 2.75) is 5.54 Å². The Bertz CT molecular complexity index is 1130. The molecule has 2 fully saturated rings. The van der Waals surface area contributed by atoms with Crippen molar-refractivity contribution >= 4 is 22.7 Å². The number of nitrogens with one attached hydrogen (secondary N) is 2. The summed E-state index contributed by atoms with van der Waals surface area (Å²) >= 11 is 0. The monoisotopic (exact) mass is 419 g/mol. The van der Waals surface area contributed by atoms with Gasteiger partial charge in [-0.15, -0.1) is 0 Å². The van der Waals surface area contributed by atoms with Gasteiger partial charge in [0, 0.05) is 44.2 Å². The van der Waals surface area contributed by atoms with Crippen LogP contribution in [0, 0.1) is 0 Å². The number of aromatic nitrogens is 2. The van der Waals surface area contributed by atoms with Gasteiger partial charge in [0.2, 0.25) is 5.91 Å². The third-order valence-electron chi connectivity index (χ3n) is 6.15. The largest absolute Gasteiger partial charge is 0.376 e. The number of nitrogens with zero attached hydrogens (tertiary/aromatic N) is 3. The average molecular weight is 419 g/mol. The second-order valence-corrected chi connectivity index (χ2v) is 8.17. The highest BCUT2D eigenvalue weighted by atomic mass is 16.5. The van der Waals surface area contributed by atoms with Gasteiger partial charge in [-0.2, -0.15) is 5.10 Å². The topological polar surface area (TPSA) is 88.5 Å². The minimum absolute atomic E-state index is 0.0366. The van der Waals surface area contributed by atoms with Gasteiger partial charge in [-0.05, 0) is 29.3 Å². The number of carbonyl (C=O) groups is 2. The van der Waals surface area contributed by atoms with Gasteiger partial charge in [-0.25, -0.2) is 0 Å². The third kappa shape index (κ3) is 3.58. The first-order valence-electron chi connectivity index (χ1n) is 10.5. The molecule has 3 heterocycles. The van der Waals surface area contributed by atoms with Gasteiger partial charge in [0.15, 0.2) is 0 Å². The zero-order chi connectivity index (χ0) is 21.4. The van der Waals surface area contributed by atoms with Gasteiger partial charge in [-0.3, -0.25) is 19.6 Å². The Morgan fingerprint density at radius 3 is 2.55 bits per heavy atom. The smallest absolute Gasteiger partial charge is 0.253 e. The lowest BCUT2D eigenvalue weighted by Crippen LogP contribution is -2.69. The molecule has 31 heavy (non-hydrogen) atoms. The van der Waals surface area contributed by atoms with Crippen LogP contribution in [0.25, 0.3) is 22.0 Å². The fraction of sp³-hybridized carbons (Fsp3) is 0.348. The van der Waals surface area contributed by atoms with E-state index in [4.69, 9.17) is 4.74 Å². The molecule has 2 saturated heterocycles. The van der Waals surface area contributed by atoms with Crippen LogP contribution in [0.15, 0.2) is 48.7 Å². The second-order valence-electron chi connectivity index (χ2n) is 8.17. The van der Waals surface area contributed by atoms with Crippen LogP contribution in [0.2, 0.25) is 0 Å². The number of hydrogen-bond donors (Lipinski definition) is 2. The molecule has 0 unspecified atom stereocenters. The number of benzene rings is 2. The van der Waals surface area contributed by atoms with Crippen molar-refractivity contribution < 1.29 is 14.3 Å². The molecule has 5 rings (SSSR count). The fourth-order valence-corrected chi connectivity index (χ4v) is 4.15. The molecular weight excluding hydrogens is 394 g/mol. The summed E-state index contributed by atoms with van der Waals surface area (Å²) in [6.45, 7) is 2.73. The SMILES string of the molecule is Cn1ncc2ccc(-c3ccc(C(=O)N4CCNC(=O)C5(COC5)NCC4)cc3)cc21. The number of hydrogen-bond acceptors (Lipinski definition) is 5. The molecule has 0 aliphatic carbocycles. The summed E-state index contributed by atoms with van der Waals surface area (Å²) < 4.78 is 7.09. The van der Waals surface area contributed by atoms with E-state index in [0.717, 1.165) is 22.0 Å². The summed E-state index contributed by atoms with van der Waals surface area (Å²) in [5.74, 6) is -0.0895. The number of ether oxygens (including phenoxy) is 1. The van der Waals surface area contributed by atoms with Gasteiger partial charge in [0.1, 0.15) is 5.54 Å². The molecule has 1 aromatic heterocycles. The first-order valence-corrected chi connectivity index (χ1v) is 10.5. The normalized spacial score (nSPS) is 18.7. The lowest BCUT2D eigenvalue weighted by atomic mass is 9.96. The molecule has 1 spiro atoms. The van der Waals surface area contributed by atoms with E-state index < -0.39 is 5.54 Å². The number of aryl methyl sites for hydroxylation is 1. The van der Waals surface area contributed by atoms with Gasteiger partial charge in [0.25, 0.3) is 5.91 Å². The number of amides is 2. The maximum absolute atomic E-state index is 13.1. The van der Waals surface area contributed by atoms with Gasteiger partial charge < -0.3 is 15.0 Å². The summed E-state index contributed by atoms with van der Waals surface area (Å²) in [5.41, 5.74) is 3.19. The Morgan fingerprint density at radius 2 is 1.81 bits per heavy atom. The minimum Gasteiger partial charge on any atom is -0.376 e. The van der Waals surface area contributed by atoms with E-state index in [1.807, 2.05) is 42.2 Å². The van der Waals surface area contributed by atoms with Crippen LogP contribution in [0.5, 0.6) is 0 Å². The zero-order valence-electron chi connectivity index (χ0n) is 17.4. The van der Waals surface area contributed by atoms with Crippen molar-refractivity contribution in [2.24, 2.45) is 7.05 Å². The molecule has 0 saturated carbocycles. The summed E-state index contributed by atoms with van der Waals surface area (Å²) in [5, 5.41) is 11.6. The van der Waals surface area contributed by atoms with E-state index in [0.29, 0.717) is 45.0 Å². The van der Waals surface area contributed by atoms with Crippen molar-refractivity contribution in [1.82, 2.24) is 25.3 Å². The number of carbonyl (C=O) groups excluding carboxylic acids is 2. The fourth-order valence-electron chi connectivity index (χ4n) is 4.15. The summed E-state index contributed by atoms with van der Waals surface area (Å²) in [7, 11) is 1.93. The quantitative estimate of drug-likeness (QED) is 0.651. The number of fused-ring (bicyclic) bond motifs is 1. The standard InChI is InChI=1S/C23H25N5O3/c1-27-20-12-18(6-7-19(20)13-26-27)16-2-4-17(5-3-16)21(29)28-10-8-24-22(30)23(14-31-15-23)25-9-11-28/h2-7,12-13,25H,8-11,14-15H2,1H3,(H,24,30). The molecule has 3 aromatic rings. The second kappa shape index (κ2) is 7.79. The molecule has 8 nitrogen and oxygen atoms in total. The van der Waals surface area contributed by atoms with E-state index in [1.165, 1.54) is 0 Å². The Morgan fingerprint density at radius 1 is 1.06 bits per heavy atom. The van der Waals surface area contributed by atoms with Crippen LogP contribution < -0.4 is 10.6 Å². The summed E-state index contributed by atoms with van der Waals surface area (Å²) in [6.07, 6.45) is 1.85. The highest BCUT2D eigenvalue weighted by molar-refractivity contribution is 5.95. The Hall–Kier alpha value is -3.23. The van der Waals surface area contributed by atoms with Crippen LogP contribution in [0.4, 0.5) is 0 Å². The molecule has 160 valence electrons. The van der Waals surface area contributed by atoms with Crippen molar-refractivity contribution in [1.29, 1.82) is 0 Å². The molecule has 2 aliphatic heterocycles. The van der Waals surface area contributed by atoms with E-state index in [2.05, 4.69) is 33.9 Å². The van der Waals surface area contributed by atoms with Crippen molar-refractivity contribution in [3.63, 3.8) is 0 Å². The van der Waals surface area contributed by atoms with E-state index in [1.54, 1.807) is 4.90 Å². The molecule has 0 atom stereocenters. The van der Waals surface area contributed by atoms with Gasteiger partial charge in [-0.1, -0.05) is 24.3 Å². The third-order valence-corrected chi connectivity index (χ3v) is 6.15. The highest BCUT2D eigenvalue weighted by Crippen LogP contribution is 2.25. The molecule has 2 N–H and O–H groups in total. The van der Waals surface area contributed by atoms with Crippen LogP contribution >= 0.6 is 0 Å². The minimum atomic E-state index is -0.643. The molecule has 2 aromatic carbocycles. The maximum atomic E-state index is 13.1. The maximum Gasteiger partial charge on any atom is 0.253 e. The molecule has 2 aliphatic rings. The Labute approximate surface area is 180 Å². The Balaban J connectivity index is 1.31. The zero-order valence-corrected chi connectivity index (χ0v) is 17.4. The predicted octanol–water partition coefficient (Wildman–Crippen LogP) is 1.17. The van der Waals surface area contributed by atoms with Crippen LogP contribution in [0.3, 0.4) is 0 Å². The number of rotatable bonds is 2. The Kier molecular flexibility index (Phi) is 4.95. The van der Waals surface area contributed by atoms with E-state index >= 15 is 0 Å². The molecule has 8 heteroatoms. The van der Waals surface area contributed by atoms with E-state index in [-0.39, 0.29) is 11.8 Å². The van der Waals surface area contributed by atoms with Gasteiger partial charge in [0.05, 0.1) is 24.9 Å². The summed E-state index contributed by atoms with van der Waals surface area (Å²) in [6, 6.07) is 13.9. The summed E-state index contributed by atoms with van der Waals surface area (Å²) in [4.78, 5) is 27.2. The highest BCUT2D eigenvalue weighted by Gasteiger charge is 2.45. The van der Waals surface area contributed by atoms with Crippen LogP contribution in [-0.4, -0.2) is 71.4 Å². The van der Waals surface area contributed by atoms with E-state index in [9.17, 15) is 9.59 Å². The molecular formula is C23H25N5O3. The van der Waals surface area contributed by atoms with Crippen molar-refractivity contribution in [2.75, 3.05) is 39.4 Å². The van der Waals surface area contributed by atoms with Crippen LogP contribution in [0.1, 0.15) is 10.4 Å². The lowest BCUT2D eigenvalue weighted by Gasteiger charge is -2.40. The lowest BCUT2D eigenvalue weighted by molar-refractivity contribution is -0.147.